The molecule has 0 amide bonds. The fourth-order valence-corrected chi connectivity index (χ4v) is 1.77. The molecule has 0 aromatic heterocycles. The minimum absolute atomic E-state index is 0.0842. The summed E-state index contributed by atoms with van der Waals surface area (Å²) in [7, 11) is 0. The Balaban J connectivity index is 4.81. The highest BCUT2D eigenvalue weighted by Gasteiger charge is 2.23. The topological polar surface area (TPSA) is 156 Å². The van der Waals surface area contributed by atoms with Crippen LogP contribution < -0.4 is 0 Å². The minimum Gasteiger partial charge on any atom is -0.480 e. The zero-order valence-electron chi connectivity index (χ0n) is 11.4. The second kappa shape index (κ2) is 8.87. The van der Waals surface area contributed by atoms with Crippen LogP contribution in [0.1, 0.15) is 6.92 Å². The summed E-state index contributed by atoms with van der Waals surface area (Å²) in [4.78, 5) is 44.9. The third-order valence-corrected chi connectivity index (χ3v) is 2.54. The van der Waals surface area contributed by atoms with Gasteiger partial charge in [0.2, 0.25) is 0 Å². The molecule has 0 radical (unpaired) electrons. The van der Waals surface area contributed by atoms with Gasteiger partial charge >= 0.3 is 23.9 Å². The van der Waals surface area contributed by atoms with Crippen molar-refractivity contribution >= 4 is 23.9 Å². The van der Waals surface area contributed by atoms with Crippen LogP contribution in [-0.2, 0) is 19.2 Å². The van der Waals surface area contributed by atoms with Crippen LogP contribution in [0.2, 0.25) is 0 Å². The third kappa shape index (κ3) is 9.35. The van der Waals surface area contributed by atoms with Gasteiger partial charge in [0.15, 0.2) is 0 Å². The standard InChI is InChI=1S/C11H18N2O8/c1-7(13(5-10(18)19)6-11(20)21)2-12(3-8(14)15)4-9(16)17/h7H,2-6H2,1H3,(H,14,15)(H,16,17)(H,18,19)(H,20,21)/t7-/m0/s1. The second-order valence-corrected chi connectivity index (χ2v) is 4.50. The molecule has 0 unspecified atom stereocenters. The Bertz CT molecular complexity index is 379. The molecule has 21 heavy (non-hydrogen) atoms. The highest BCUT2D eigenvalue weighted by atomic mass is 16.4. The van der Waals surface area contributed by atoms with E-state index in [0.29, 0.717) is 0 Å². The summed E-state index contributed by atoms with van der Waals surface area (Å²) >= 11 is 0. The summed E-state index contributed by atoms with van der Waals surface area (Å²) in [5, 5.41) is 34.9. The van der Waals surface area contributed by atoms with Gasteiger partial charge in [0.1, 0.15) is 0 Å². The van der Waals surface area contributed by atoms with E-state index in [-0.39, 0.29) is 6.54 Å². The number of nitrogens with zero attached hydrogens (tertiary/aromatic N) is 2. The molecule has 0 aromatic rings. The molecule has 0 aliphatic carbocycles. The molecule has 1 atom stereocenters. The number of carbonyl (C=O) groups is 4. The third-order valence-electron chi connectivity index (χ3n) is 2.54. The molecule has 0 aliphatic rings. The van der Waals surface area contributed by atoms with E-state index in [1.54, 1.807) is 0 Å². The first-order valence-electron chi connectivity index (χ1n) is 5.95. The summed E-state index contributed by atoms with van der Waals surface area (Å²) in [6.07, 6.45) is 0. The van der Waals surface area contributed by atoms with E-state index in [1.807, 2.05) is 0 Å². The normalized spacial score (nSPS) is 12.3. The first-order chi connectivity index (χ1) is 9.61. The van der Waals surface area contributed by atoms with Crippen LogP contribution in [0.5, 0.6) is 0 Å². The summed E-state index contributed by atoms with van der Waals surface area (Å²) in [5.74, 6) is -4.92. The lowest BCUT2D eigenvalue weighted by molar-refractivity contribution is -0.146. The fraction of sp³-hybridized carbons (Fsp3) is 0.636. The lowest BCUT2D eigenvalue weighted by Gasteiger charge is -2.30. The number of hydrogen-bond acceptors (Lipinski definition) is 6. The van der Waals surface area contributed by atoms with Crippen LogP contribution in [0.25, 0.3) is 0 Å². The smallest absolute Gasteiger partial charge is 0.317 e. The molecule has 0 aliphatic heterocycles. The van der Waals surface area contributed by atoms with Gasteiger partial charge in [0.05, 0.1) is 26.2 Å². The van der Waals surface area contributed by atoms with Crippen molar-refractivity contribution in [2.24, 2.45) is 0 Å². The molecule has 0 aromatic carbocycles. The van der Waals surface area contributed by atoms with Crippen LogP contribution in [0.3, 0.4) is 0 Å². The molecule has 10 heteroatoms. The largest absolute Gasteiger partial charge is 0.480 e. The lowest BCUT2D eigenvalue weighted by atomic mass is 10.2. The van der Waals surface area contributed by atoms with E-state index in [0.717, 1.165) is 9.80 Å². The number of rotatable bonds is 11. The number of carboxylic acids is 4. The Morgan fingerprint density at radius 1 is 0.762 bits per heavy atom. The summed E-state index contributed by atoms with van der Waals surface area (Å²) in [6, 6.07) is -0.643. The molecule has 0 bridgehead atoms. The fourth-order valence-electron chi connectivity index (χ4n) is 1.77. The molecular weight excluding hydrogens is 288 g/mol. The zero-order chi connectivity index (χ0) is 16.6. The predicted octanol–water partition coefficient (Wildman–Crippen LogP) is -1.68. The van der Waals surface area contributed by atoms with Crippen molar-refractivity contribution in [3.05, 3.63) is 0 Å². The van der Waals surface area contributed by atoms with Crippen LogP contribution >= 0.6 is 0 Å². The second-order valence-electron chi connectivity index (χ2n) is 4.50. The molecular formula is C11H18N2O8. The molecule has 0 saturated heterocycles. The van der Waals surface area contributed by atoms with E-state index < -0.39 is 56.1 Å². The summed E-state index contributed by atoms with van der Waals surface area (Å²) in [6.45, 7) is -0.736. The first kappa shape index (κ1) is 18.8. The molecule has 4 N–H and O–H groups in total. The highest BCUT2D eigenvalue weighted by molar-refractivity contribution is 5.73. The van der Waals surface area contributed by atoms with Crippen molar-refractivity contribution < 1.29 is 39.6 Å². The van der Waals surface area contributed by atoms with Gasteiger partial charge in [0, 0.05) is 12.6 Å². The number of aliphatic carboxylic acids is 4. The van der Waals surface area contributed by atoms with Gasteiger partial charge in [-0.3, -0.25) is 29.0 Å². The SMILES string of the molecule is C[C@@H](CN(CC(=O)O)CC(=O)O)N(CC(=O)O)CC(=O)O. The van der Waals surface area contributed by atoms with E-state index >= 15 is 0 Å². The van der Waals surface area contributed by atoms with Crippen molar-refractivity contribution in [3.8, 4) is 0 Å². The van der Waals surface area contributed by atoms with Gasteiger partial charge in [-0.05, 0) is 6.92 Å². The molecule has 0 spiro atoms. The molecule has 0 saturated carbocycles. The molecule has 0 fully saturated rings. The Kier molecular flexibility index (Phi) is 7.94. The van der Waals surface area contributed by atoms with Gasteiger partial charge in [-0.15, -0.1) is 0 Å². The number of hydrogen-bond donors (Lipinski definition) is 4. The van der Waals surface area contributed by atoms with Crippen molar-refractivity contribution in [2.45, 2.75) is 13.0 Å². The lowest BCUT2D eigenvalue weighted by Crippen LogP contribution is -2.48. The Morgan fingerprint density at radius 2 is 1.10 bits per heavy atom. The summed E-state index contributed by atoms with van der Waals surface area (Å²) in [5.41, 5.74) is 0. The maximum Gasteiger partial charge on any atom is 0.317 e. The summed E-state index contributed by atoms with van der Waals surface area (Å²) < 4.78 is 0. The van der Waals surface area contributed by atoms with Crippen LogP contribution in [0.15, 0.2) is 0 Å². The van der Waals surface area contributed by atoms with Gasteiger partial charge in [-0.25, -0.2) is 0 Å². The van der Waals surface area contributed by atoms with E-state index in [9.17, 15) is 19.2 Å². The minimum atomic E-state index is -1.23. The van der Waals surface area contributed by atoms with Gasteiger partial charge in [-0.2, -0.15) is 0 Å². The van der Waals surface area contributed by atoms with Crippen molar-refractivity contribution in [1.82, 2.24) is 9.80 Å². The van der Waals surface area contributed by atoms with E-state index in [2.05, 4.69) is 0 Å². The van der Waals surface area contributed by atoms with Crippen molar-refractivity contribution in [3.63, 3.8) is 0 Å². The van der Waals surface area contributed by atoms with Crippen molar-refractivity contribution in [2.75, 3.05) is 32.7 Å². The maximum absolute atomic E-state index is 10.7. The van der Waals surface area contributed by atoms with Crippen LogP contribution in [0.4, 0.5) is 0 Å². The highest BCUT2D eigenvalue weighted by Crippen LogP contribution is 2.03. The first-order valence-corrected chi connectivity index (χ1v) is 5.95. The molecule has 120 valence electrons. The quantitative estimate of drug-likeness (QED) is 0.347. The number of carboxylic acid groups (broad SMARTS) is 4. The monoisotopic (exact) mass is 306 g/mol. The van der Waals surface area contributed by atoms with E-state index in [4.69, 9.17) is 20.4 Å². The molecule has 10 nitrogen and oxygen atoms in total. The average Bonchev–Trinajstić information content (AvgIpc) is 2.24. The molecule has 0 heterocycles. The van der Waals surface area contributed by atoms with Gasteiger partial charge in [0.25, 0.3) is 0 Å². The average molecular weight is 306 g/mol. The Labute approximate surface area is 120 Å². The van der Waals surface area contributed by atoms with Gasteiger partial charge < -0.3 is 20.4 Å². The zero-order valence-corrected chi connectivity index (χ0v) is 11.4. The maximum atomic E-state index is 10.7. The van der Waals surface area contributed by atoms with Gasteiger partial charge in [-0.1, -0.05) is 0 Å². The molecule has 0 rings (SSSR count). The van der Waals surface area contributed by atoms with Crippen LogP contribution in [-0.4, -0.2) is 92.9 Å². The predicted molar refractivity (Wildman–Crippen MR) is 68.0 cm³/mol. The Morgan fingerprint density at radius 3 is 1.38 bits per heavy atom. The Hall–Kier alpha value is -2.20. The van der Waals surface area contributed by atoms with Crippen molar-refractivity contribution in [1.29, 1.82) is 0 Å². The van der Waals surface area contributed by atoms with Crippen LogP contribution in [0, 0.1) is 0 Å². The van der Waals surface area contributed by atoms with E-state index in [1.165, 1.54) is 6.92 Å².